The zero-order valence-corrected chi connectivity index (χ0v) is 14.4. The van der Waals surface area contributed by atoms with Gasteiger partial charge in [0, 0.05) is 17.6 Å². The highest BCUT2D eigenvalue weighted by atomic mass is 79.9. The van der Waals surface area contributed by atoms with E-state index in [0.29, 0.717) is 17.5 Å². The average Bonchev–Trinajstić information content (AvgIpc) is 3.03. The highest BCUT2D eigenvalue weighted by molar-refractivity contribution is 9.10. The number of amides is 1. The van der Waals surface area contributed by atoms with Crippen LogP contribution in [-0.2, 0) is 11.8 Å². The Hall–Kier alpha value is -2.35. The molecular weight excluding hydrogens is 364 g/mol. The summed E-state index contributed by atoms with van der Waals surface area (Å²) in [4.78, 5) is 12.2. The molecule has 0 aliphatic carbocycles. The number of benzene rings is 1. The van der Waals surface area contributed by atoms with E-state index >= 15 is 0 Å². The summed E-state index contributed by atoms with van der Waals surface area (Å²) in [5.74, 6) is 1.06. The molecule has 1 unspecified atom stereocenters. The Morgan fingerprint density at radius 2 is 2.22 bits per heavy atom. The van der Waals surface area contributed by atoms with Crippen LogP contribution < -0.4 is 10.1 Å². The van der Waals surface area contributed by atoms with Gasteiger partial charge in [-0.3, -0.25) is 9.48 Å². The first kappa shape index (κ1) is 15.5. The van der Waals surface area contributed by atoms with Crippen molar-refractivity contribution in [1.29, 1.82) is 0 Å². The fourth-order valence-corrected chi connectivity index (χ4v) is 2.53. The summed E-state index contributed by atoms with van der Waals surface area (Å²) in [7, 11) is 1.83. The predicted octanol–water partition coefficient (Wildman–Crippen LogP) is 3.04. The van der Waals surface area contributed by atoms with Gasteiger partial charge in [0.05, 0.1) is 10.9 Å². The van der Waals surface area contributed by atoms with E-state index in [1.54, 1.807) is 24.6 Å². The lowest BCUT2D eigenvalue weighted by atomic mass is 10.2. The van der Waals surface area contributed by atoms with Crippen LogP contribution in [0.1, 0.15) is 12.7 Å². The number of hydrogen-bond donors (Lipinski definition) is 1. The number of carbonyl (C=O) groups excluding carboxylic acids is 1. The van der Waals surface area contributed by atoms with Gasteiger partial charge in [-0.05, 0) is 32.0 Å². The van der Waals surface area contributed by atoms with Crippen molar-refractivity contribution in [3.8, 4) is 5.88 Å². The average molecular weight is 379 g/mol. The molecule has 0 radical (unpaired) electrons. The van der Waals surface area contributed by atoms with Crippen molar-refractivity contribution in [2.45, 2.75) is 20.0 Å². The van der Waals surface area contributed by atoms with Gasteiger partial charge in [0.25, 0.3) is 5.91 Å². The van der Waals surface area contributed by atoms with Crippen molar-refractivity contribution in [2.24, 2.45) is 7.05 Å². The second kappa shape index (κ2) is 6.04. The first-order chi connectivity index (χ1) is 10.9. The van der Waals surface area contributed by atoms with Crippen LogP contribution in [-0.4, -0.2) is 26.9 Å². The molecule has 0 bridgehead atoms. The number of hydrogen-bond acceptors (Lipinski definition) is 5. The lowest BCUT2D eigenvalue weighted by molar-refractivity contribution is -0.122. The fraction of sp³-hybridized carbons (Fsp3) is 0.267. The highest BCUT2D eigenvalue weighted by Gasteiger charge is 2.20. The molecule has 3 rings (SSSR count). The Kier molecular flexibility index (Phi) is 4.08. The van der Waals surface area contributed by atoms with Crippen LogP contribution in [0.3, 0.4) is 0 Å². The zero-order valence-electron chi connectivity index (χ0n) is 12.8. The van der Waals surface area contributed by atoms with Crippen molar-refractivity contribution in [3.05, 3.63) is 34.5 Å². The van der Waals surface area contributed by atoms with Crippen molar-refractivity contribution < 1.29 is 14.1 Å². The first-order valence-corrected chi connectivity index (χ1v) is 7.76. The van der Waals surface area contributed by atoms with E-state index in [1.807, 2.05) is 25.2 Å². The third-order valence-electron chi connectivity index (χ3n) is 3.32. The lowest BCUT2D eigenvalue weighted by Gasteiger charge is -2.11. The number of fused-ring (bicyclic) bond motifs is 1. The van der Waals surface area contributed by atoms with Crippen LogP contribution in [0.15, 0.2) is 33.3 Å². The van der Waals surface area contributed by atoms with Crippen LogP contribution >= 0.6 is 15.9 Å². The number of carbonyl (C=O) groups is 1. The minimum atomic E-state index is -0.732. The number of halogens is 1. The maximum Gasteiger partial charge on any atom is 0.266 e. The summed E-state index contributed by atoms with van der Waals surface area (Å²) in [6.07, 6.45) is -0.732. The highest BCUT2D eigenvalue weighted by Crippen LogP contribution is 2.28. The van der Waals surface area contributed by atoms with E-state index < -0.39 is 6.10 Å². The van der Waals surface area contributed by atoms with Crippen molar-refractivity contribution in [3.63, 3.8) is 0 Å². The standard InChI is InChI=1S/C15H15BrN4O3/c1-8-6-13(19-23-8)17-14(21)9(2)22-15-11-7-10(16)4-5-12(11)20(3)18-15/h4-7,9H,1-3H3,(H,17,19,21). The van der Waals surface area contributed by atoms with Gasteiger partial charge in [-0.1, -0.05) is 21.1 Å². The number of nitrogens with one attached hydrogen (secondary N) is 1. The molecule has 23 heavy (non-hydrogen) atoms. The maximum atomic E-state index is 12.2. The number of anilines is 1. The molecule has 3 aromatic rings. The molecule has 1 atom stereocenters. The predicted molar refractivity (Wildman–Crippen MR) is 88.4 cm³/mol. The summed E-state index contributed by atoms with van der Waals surface area (Å²) in [6, 6.07) is 7.40. The molecule has 0 saturated carbocycles. The third-order valence-corrected chi connectivity index (χ3v) is 3.81. The van der Waals surface area contributed by atoms with Gasteiger partial charge in [0.1, 0.15) is 5.76 Å². The number of ether oxygens (including phenoxy) is 1. The summed E-state index contributed by atoms with van der Waals surface area (Å²) in [5, 5.41) is 11.5. The van der Waals surface area contributed by atoms with Gasteiger partial charge in [-0.2, -0.15) is 0 Å². The molecule has 1 N–H and O–H groups in total. The molecule has 0 aliphatic heterocycles. The normalized spacial score (nSPS) is 12.3. The van der Waals surface area contributed by atoms with Gasteiger partial charge >= 0.3 is 0 Å². The fourth-order valence-electron chi connectivity index (χ4n) is 2.17. The van der Waals surface area contributed by atoms with E-state index in [0.717, 1.165) is 15.4 Å². The molecule has 0 saturated heterocycles. The van der Waals surface area contributed by atoms with Crippen molar-refractivity contribution >= 4 is 38.6 Å². The molecule has 120 valence electrons. The van der Waals surface area contributed by atoms with E-state index in [9.17, 15) is 4.79 Å². The quantitative estimate of drug-likeness (QED) is 0.754. The summed E-state index contributed by atoms with van der Waals surface area (Å²) in [5.41, 5.74) is 0.919. The first-order valence-electron chi connectivity index (χ1n) is 6.97. The smallest absolute Gasteiger partial charge is 0.266 e. The Bertz CT molecular complexity index is 871. The van der Waals surface area contributed by atoms with Gasteiger partial charge < -0.3 is 14.6 Å². The van der Waals surface area contributed by atoms with E-state index in [4.69, 9.17) is 9.26 Å². The molecule has 0 fully saturated rings. The lowest BCUT2D eigenvalue weighted by Crippen LogP contribution is -2.30. The molecule has 2 heterocycles. The summed E-state index contributed by atoms with van der Waals surface area (Å²) >= 11 is 3.43. The molecule has 8 heteroatoms. The van der Waals surface area contributed by atoms with Crippen molar-refractivity contribution in [1.82, 2.24) is 14.9 Å². The maximum absolute atomic E-state index is 12.2. The molecule has 2 aromatic heterocycles. The van der Waals surface area contributed by atoms with Crippen LogP contribution in [0.4, 0.5) is 5.82 Å². The third kappa shape index (κ3) is 3.21. The second-order valence-electron chi connectivity index (χ2n) is 5.16. The van der Waals surface area contributed by atoms with Crippen LogP contribution in [0.2, 0.25) is 0 Å². The van der Waals surface area contributed by atoms with E-state index in [2.05, 4.69) is 31.5 Å². The van der Waals surface area contributed by atoms with E-state index in [1.165, 1.54) is 0 Å². The summed E-state index contributed by atoms with van der Waals surface area (Å²) in [6.45, 7) is 3.40. The molecule has 1 amide bonds. The second-order valence-corrected chi connectivity index (χ2v) is 6.08. The van der Waals surface area contributed by atoms with Gasteiger partial charge in [0.2, 0.25) is 5.88 Å². The summed E-state index contributed by atoms with van der Waals surface area (Å²) < 4.78 is 13.3. The molecule has 1 aromatic carbocycles. The monoisotopic (exact) mass is 378 g/mol. The molecular formula is C15H15BrN4O3. The zero-order chi connectivity index (χ0) is 16.6. The topological polar surface area (TPSA) is 82.2 Å². The molecule has 7 nitrogen and oxygen atoms in total. The van der Waals surface area contributed by atoms with Gasteiger partial charge in [0.15, 0.2) is 11.9 Å². The van der Waals surface area contributed by atoms with Crippen LogP contribution in [0, 0.1) is 6.92 Å². The van der Waals surface area contributed by atoms with Crippen molar-refractivity contribution in [2.75, 3.05) is 5.32 Å². The number of aryl methyl sites for hydroxylation is 2. The molecule has 0 spiro atoms. The van der Waals surface area contributed by atoms with Crippen LogP contribution in [0.25, 0.3) is 10.9 Å². The van der Waals surface area contributed by atoms with Gasteiger partial charge in [-0.25, -0.2) is 0 Å². The minimum Gasteiger partial charge on any atom is -0.463 e. The van der Waals surface area contributed by atoms with E-state index in [-0.39, 0.29) is 5.91 Å². The largest absolute Gasteiger partial charge is 0.463 e. The Labute approximate surface area is 140 Å². The number of aromatic nitrogens is 3. The Balaban J connectivity index is 1.78. The van der Waals surface area contributed by atoms with Gasteiger partial charge in [-0.15, -0.1) is 5.10 Å². The molecule has 0 aliphatic rings. The minimum absolute atomic E-state index is 0.327. The van der Waals surface area contributed by atoms with Crippen LogP contribution in [0.5, 0.6) is 5.88 Å². The number of nitrogens with zero attached hydrogens (tertiary/aromatic N) is 3. The Morgan fingerprint density at radius 1 is 1.43 bits per heavy atom. The number of rotatable bonds is 4. The Morgan fingerprint density at radius 3 is 2.91 bits per heavy atom. The SMILES string of the molecule is Cc1cc(NC(=O)C(C)Oc2nn(C)c3ccc(Br)cc23)no1.